The van der Waals surface area contributed by atoms with Gasteiger partial charge in [-0.2, -0.15) is 0 Å². The summed E-state index contributed by atoms with van der Waals surface area (Å²) in [5.74, 6) is -0.717. The molecule has 0 atom stereocenters. The number of carbonyl (C=O) groups is 2. The second-order valence-corrected chi connectivity index (χ2v) is 5.25. The summed E-state index contributed by atoms with van der Waals surface area (Å²) in [7, 11) is 1.72. The fourth-order valence-electron chi connectivity index (χ4n) is 2.26. The van der Waals surface area contributed by atoms with Crippen molar-refractivity contribution in [2.75, 3.05) is 72.8 Å². The van der Waals surface area contributed by atoms with Crippen molar-refractivity contribution >= 4 is 11.8 Å². The van der Waals surface area contributed by atoms with Crippen LogP contribution in [0.4, 0.5) is 0 Å². The van der Waals surface area contributed by atoms with Crippen LogP contribution >= 0.6 is 0 Å². The zero-order chi connectivity index (χ0) is 16.2. The quantitative estimate of drug-likeness (QED) is 0.297. The van der Waals surface area contributed by atoms with Crippen LogP contribution in [0.5, 0.6) is 0 Å². The van der Waals surface area contributed by atoms with E-state index in [0.717, 1.165) is 45.9 Å². The van der Waals surface area contributed by atoms with Crippen LogP contribution in [0.2, 0.25) is 0 Å². The number of hydrogen-bond donors (Lipinski definition) is 0. The van der Waals surface area contributed by atoms with Crippen LogP contribution in [-0.2, 0) is 23.8 Å². The normalized spacial score (nSPS) is 16.6. The monoisotopic (exact) mass is 316 g/mol. The first-order valence-corrected chi connectivity index (χ1v) is 7.84. The highest BCUT2D eigenvalue weighted by Crippen LogP contribution is 2.01. The summed E-state index contributed by atoms with van der Waals surface area (Å²) in [5, 5.41) is 0. The lowest BCUT2D eigenvalue weighted by Crippen LogP contribution is -2.48. The Morgan fingerprint density at radius 2 is 1.59 bits per heavy atom. The van der Waals surface area contributed by atoms with Crippen molar-refractivity contribution < 1.29 is 23.8 Å². The fraction of sp³-hybridized carbons (Fsp3) is 0.867. The van der Waals surface area contributed by atoms with Gasteiger partial charge in [-0.1, -0.05) is 0 Å². The van der Waals surface area contributed by atoms with Gasteiger partial charge in [0, 0.05) is 46.4 Å². The Hall–Kier alpha value is -1.02. The number of ether oxygens (including phenoxy) is 3. The average molecular weight is 316 g/mol. The number of rotatable bonds is 11. The van der Waals surface area contributed by atoms with Crippen molar-refractivity contribution in [2.45, 2.75) is 13.3 Å². The van der Waals surface area contributed by atoms with Gasteiger partial charge in [-0.05, 0) is 6.92 Å². The van der Waals surface area contributed by atoms with Gasteiger partial charge in [0.05, 0.1) is 19.8 Å². The van der Waals surface area contributed by atoms with Gasteiger partial charge < -0.3 is 14.2 Å². The van der Waals surface area contributed by atoms with E-state index >= 15 is 0 Å². The highest BCUT2D eigenvalue weighted by molar-refractivity contribution is 5.96. The standard InChI is InChI=1S/C15H28N2O5/c1-3-22-15(19)12-14(18)13-21-11-9-17-6-4-16(5-7-17)8-10-20-2/h3-13H2,1-2H3. The molecule has 0 spiro atoms. The summed E-state index contributed by atoms with van der Waals surface area (Å²) in [6.07, 6.45) is -0.202. The minimum Gasteiger partial charge on any atom is -0.466 e. The highest BCUT2D eigenvalue weighted by atomic mass is 16.5. The molecule has 0 unspecified atom stereocenters. The molecule has 0 bridgehead atoms. The van der Waals surface area contributed by atoms with Gasteiger partial charge in [0.25, 0.3) is 0 Å². The van der Waals surface area contributed by atoms with E-state index in [2.05, 4.69) is 9.80 Å². The molecule has 1 saturated heterocycles. The number of esters is 1. The van der Waals surface area contributed by atoms with Crippen LogP contribution in [-0.4, -0.2) is 94.4 Å². The smallest absolute Gasteiger partial charge is 0.313 e. The number of nitrogens with zero attached hydrogens (tertiary/aromatic N) is 2. The molecule has 0 aromatic rings. The zero-order valence-corrected chi connectivity index (χ0v) is 13.7. The van der Waals surface area contributed by atoms with Crippen molar-refractivity contribution in [3.63, 3.8) is 0 Å². The van der Waals surface area contributed by atoms with Gasteiger partial charge in [-0.3, -0.25) is 19.4 Å². The molecule has 0 aliphatic carbocycles. The van der Waals surface area contributed by atoms with Crippen LogP contribution in [0.3, 0.4) is 0 Å². The molecule has 1 rings (SSSR count). The lowest BCUT2D eigenvalue weighted by molar-refractivity contribution is -0.146. The highest BCUT2D eigenvalue weighted by Gasteiger charge is 2.16. The summed E-state index contributed by atoms with van der Waals surface area (Å²) in [6, 6.07) is 0. The molecule has 0 aromatic heterocycles. The van der Waals surface area contributed by atoms with E-state index in [4.69, 9.17) is 14.2 Å². The van der Waals surface area contributed by atoms with Gasteiger partial charge in [-0.25, -0.2) is 0 Å². The Balaban J connectivity index is 2.01. The van der Waals surface area contributed by atoms with Crippen molar-refractivity contribution in [1.82, 2.24) is 9.80 Å². The molecule has 0 aromatic carbocycles. The molecule has 1 aliphatic rings. The second-order valence-electron chi connectivity index (χ2n) is 5.25. The molecule has 7 heteroatoms. The van der Waals surface area contributed by atoms with Gasteiger partial charge in [0.2, 0.25) is 0 Å². The Bertz CT molecular complexity index is 330. The summed E-state index contributed by atoms with van der Waals surface area (Å²) < 4.78 is 15.1. The molecule has 0 saturated carbocycles. The molecular formula is C15H28N2O5. The molecule has 0 radical (unpaired) electrons. The van der Waals surface area contributed by atoms with Gasteiger partial charge >= 0.3 is 5.97 Å². The number of hydrogen-bond acceptors (Lipinski definition) is 7. The zero-order valence-electron chi connectivity index (χ0n) is 13.7. The van der Waals surface area contributed by atoms with E-state index in [1.165, 1.54) is 0 Å². The Morgan fingerprint density at radius 3 is 2.14 bits per heavy atom. The molecule has 1 aliphatic heterocycles. The van der Waals surface area contributed by atoms with Crippen LogP contribution < -0.4 is 0 Å². The van der Waals surface area contributed by atoms with Crippen molar-refractivity contribution in [2.24, 2.45) is 0 Å². The minimum atomic E-state index is -0.483. The lowest BCUT2D eigenvalue weighted by Gasteiger charge is -2.34. The van der Waals surface area contributed by atoms with Crippen molar-refractivity contribution in [3.8, 4) is 0 Å². The summed E-state index contributed by atoms with van der Waals surface area (Å²) in [6.45, 7) is 9.13. The van der Waals surface area contributed by atoms with Gasteiger partial charge in [0.1, 0.15) is 13.0 Å². The summed E-state index contributed by atoms with van der Waals surface area (Å²) in [4.78, 5) is 27.3. The van der Waals surface area contributed by atoms with Crippen molar-refractivity contribution in [1.29, 1.82) is 0 Å². The predicted molar refractivity (Wildman–Crippen MR) is 81.8 cm³/mol. The third-order valence-electron chi connectivity index (χ3n) is 3.54. The summed E-state index contributed by atoms with van der Waals surface area (Å²) >= 11 is 0. The minimum absolute atomic E-state index is 0.0212. The Labute approximate surface area is 132 Å². The molecule has 7 nitrogen and oxygen atoms in total. The van der Waals surface area contributed by atoms with E-state index in [0.29, 0.717) is 13.2 Å². The fourth-order valence-corrected chi connectivity index (χ4v) is 2.26. The maximum Gasteiger partial charge on any atom is 0.313 e. The topological polar surface area (TPSA) is 68.3 Å². The van der Waals surface area contributed by atoms with Crippen LogP contribution in [0.25, 0.3) is 0 Å². The maximum atomic E-state index is 11.5. The molecule has 1 heterocycles. The molecule has 0 N–H and O–H groups in total. The number of methoxy groups -OCH3 is 1. The van der Waals surface area contributed by atoms with Crippen LogP contribution in [0.15, 0.2) is 0 Å². The van der Waals surface area contributed by atoms with Gasteiger partial charge in [-0.15, -0.1) is 0 Å². The first kappa shape index (κ1) is 19.0. The third-order valence-corrected chi connectivity index (χ3v) is 3.54. The van der Waals surface area contributed by atoms with Crippen LogP contribution in [0.1, 0.15) is 13.3 Å². The molecule has 22 heavy (non-hydrogen) atoms. The number of ketones is 1. The number of carbonyl (C=O) groups excluding carboxylic acids is 2. The number of piperazine rings is 1. The first-order valence-electron chi connectivity index (χ1n) is 7.84. The maximum absolute atomic E-state index is 11.5. The van der Waals surface area contributed by atoms with E-state index in [9.17, 15) is 9.59 Å². The van der Waals surface area contributed by atoms with E-state index in [1.54, 1.807) is 14.0 Å². The van der Waals surface area contributed by atoms with E-state index < -0.39 is 5.97 Å². The molecule has 0 amide bonds. The van der Waals surface area contributed by atoms with E-state index in [-0.39, 0.29) is 18.8 Å². The molecule has 128 valence electrons. The largest absolute Gasteiger partial charge is 0.466 e. The molecule has 1 fully saturated rings. The van der Waals surface area contributed by atoms with Crippen molar-refractivity contribution in [3.05, 3.63) is 0 Å². The third kappa shape index (κ3) is 8.43. The lowest BCUT2D eigenvalue weighted by atomic mass is 10.3. The van der Waals surface area contributed by atoms with Gasteiger partial charge in [0.15, 0.2) is 5.78 Å². The first-order chi connectivity index (χ1) is 10.7. The Morgan fingerprint density at radius 1 is 1.00 bits per heavy atom. The van der Waals surface area contributed by atoms with E-state index in [1.807, 2.05) is 0 Å². The van der Waals surface area contributed by atoms with Crippen LogP contribution in [0, 0.1) is 0 Å². The second kappa shape index (κ2) is 11.5. The SMILES string of the molecule is CCOC(=O)CC(=O)COCCN1CCN(CCOC)CC1. The predicted octanol–water partition coefficient (Wildman–Crippen LogP) is -0.211. The number of Topliss-reactive ketones (excluding diaryl/α,β-unsaturated/α-hetero) is 1. The Kier molecular flexibility index (Phi) is 9.98. The molecular weight excluding hydrogens is 288 g/mol. The summed E-state index contributed by atoms with van der Waals surface area (Å²) in [5.41, 5.74) is 0. The average Bonchev–Trinajstić information content (AvgIpc) is 2.51.